The molecular weight excluding hydrogens is 296 g/mol. The van der Waals surface area contributed by atoms with Crippen molar-refractivity contribution in [2.75, 3.05) is 0 Å². The van der Waals surface area contributed by atoms with Crippen molar-refractivity contribution in [3.63, 3.8) is 0 Å². The van der Waals surface area contributed by atoms with Crippen LogP contribution in [0.3, 0.4) is 0 Å². The third-order valence-electron chi connectivity index (χ3n) is 4.42. The first-order valence-corrected chi connectivity index (χ1v) is 7.94. The van der Waals surface area contributed by atoms with Crippen LogP contribution in [0, 0.1) is 0 Å². The first kappa shape index (κ1) is 14.5. The molecule has 0 amide bonds. The third kappa shape index (κ3) is 2.52. The molecule has 0 bridgehead atoms. The molecule has 2 nitrogen and oxygen atoms in total. The highest BCUT2D eigenvalue weighted by Crippen LogP contribution is 2.37. The van der Waals surface area contributed by atoms with Gasteiger partial charge in [0.05, 0.1) is 0 Å². The van der Waals surface area contributed by atoms with Crippen LogP contribution >= 0.6 is 0 Å². The smallest absolute Gasteiger partial charge is 0.189 e. The van der Waals surface area contributed by atoms with Crippen molar-refractivity contribution in [2.45, 2.75) is 6.42 Å². The monoisotopic (exact) mass is 312 g/mol. The van der Waals surface area contributed by atoms with Gasteiger partial charge in [0.25, 0.3) is 0 Å². The van der Waals surface area contributed by atoms with Gasteiger partial charge in [0.1, 0.15) is 5.76 Å². The lowest BCUT2D eigenvalue weighted by Gasteiger charge is -2.05. The standard InChI is InChI=1S/C22H16O2/c23-21(15-6-2-1-3-7-15)14-22(24)17-10-11-20-18(13-17)12-16-8-4-5-9-19(16)20/h1-11,13-14,24H,12H2/b22-14-. The van der Waals surface area contributed by atoms with Gasteiger partial charge in [-0.25, -0.2) is 0 Å². The van der Waals surface area contributed by atoms with Crippen molar-refractivity contribution in [3.05, 3.63) is 101 Å². The zero-order valence-corrected chi connectivity index (χ0v) is 13.1. The van der Waals surface area contributed by atoms with E-state index in [4.69, 9.17) is 0 Å². The SMILES string of the molecule is O=C(/C=C(\O)c1ccc2c(c1)Cc1ccccc1-2)c1ccccc1. The van der Waals surface area contributed by atoms with Gasteiger partial charge >= 0.3 is 0 Å². The van der Waals surface area contributed by atoms with Crippen molar-refractivity contribution in [1.29, 1.82) is 0 Å². The van der Waals surface area contributed by atoms with Gasteiger partial charge < -0.3 is 5.11 Å². The minimum absolute atomic E-state index is 0.00242. The lowest BCUT2D eigenvalue weighted by Crippen LogP contribution is -1.96. The van der Waals surface area contributed by atoms with Gasteiger partial charge in [0.15, 0.2) is 5.78 Å². The summed E-state index contributed by atoms with van der Waals surface area (Å²) >= 11 is 0. The zero-order valence-electron chi connectivity index (χ0n) is 13.1. The summed E-state index contributed by atoms with van der Waals surface area (Å²) in [5.41, 5.74) is 6.18. The number of aliphatic hydroxyl groups excluding tert-OH is 1. The number of fused-ring (bicyclic) bond motifs is 3. The molecule has 0 aromatic heterocycles. The lowest BCUT2D eigenvalue weighted by molar-refractivity contribution is 0.104. The van der Waals surface area contributed by atoms with E-state index in [9.17, 15) is 9.90 Å². The Morgan fingerprint density at radius 2 is 1.50 bits per heavy atom. The van der Waals surface area contributed by atoms with E-state index < -0.39 is 0 Å². The molecule has 0 radical (unpaired) electrons. The van der Waals surface area contributed by atoms with Crippen LogP contribution in [0.4, 0.5) is 0 Å². The first-order valence-electron chi connectivity index (χ1n) is 7.94. The summed E-state index contributed by atoms with van der Waals surface area (Å²) in [4.78, 5) is 12.2. The molecule has 3 aromatic carbocycles. The molecule has 0 atom stereocenters. The van der Waals surface area contributed by atoms with Crippen molar-refractivity contribution in [1.82, 2.24) is 0 Å². The van der Waals surface area contributed by atoms with Crippen molar-refractivity contribution in [3.8, 4) is 11.1 Å². The van der Waals surface area contributed by atoms with E-state index in [2.05, 4.69) is 12.1 Å². The third-order valence-corrected chi connectivity index (χ3v) is 4.42. The van der Waals surface area contributed by atoms with E-state index in [-0.39, 0.29) is 11.5 Å². The van der Waals surface area contributed by atoms with Gasteiger partial charge in [-0.2, -0.15) is 0 Å². The van der Waals surface area contributed by atoms with E-state index in [1.54, 1.807) is 12.1 Å². The molecule has 1 aliphatic rings. The van der Waals surface area contributed by atoms with Gasteiger partial charge in [-0.1, -0.05) is 66.7 Å². The Labute approximate surface area is 140 Å². The van der Waals surface area contributed by atoms with Crippen molar-refractivity contribution >= 4 is 11.5 Å². The number of aliphatic hydroxyl groups is 1. The summed E-state index contributed by atoms with van der Waals surface area (Å²) in [6, 6.07) is 23.2. The maximum atomic E-state index is 12.2. The second-order valence-electron chi connectivity index (χ2n) is 5.97. The summed E-state index contributed by atoms with van der Waals surface area (Å²) in [7, 11) is 0. The molecule has 0 unspecified atom stereocenters. The zero-order chi connectivity index (χ0) is 16.5. The highest BCUT2D eigenvalue weighted by Gasteiger charge is 2.18. The predicted molar refractivity (Wildman–Crippen MR) is 96.1 cm³/mol. The molecule has 0 saturated heterocycles. The van der Waals surface area contributed by atoms with Gasteiger partial charge in [0.2, 0.25) is 0 Å². The Kier molecular flexibility index (Phi) is 3.51. The fraction of sp³-hybridized carbons (Fsp3) is 0.0455. The number of benzene rings is 3. The number of carbonyl (C=O) groups is 1. The average molecular weight is 312 g/mol. The maximum absolute atomic E-state index is 12.2. The highest BCUT2D eigenvalue weighted by atomic mass is 16.3. The van der Waals surface area contributed by atoms with Crippen LogP contribution in [0.25, 0.3) is 16.9 Å². The van der Waals surface area contributed by atoms with Crippen LogP contribution in [0.5, 0.6) is 0 Å². The Morgan fingerprint density at radius 1 is 0.792 bits per heavy atom. The van der Waals surface area contributed by atoms with E-state index in [1.807, 2.05) is 48.5 Å². The van der Waals surface area contributed by atoms with E-state index in [1.165, 1.54) is 28.3 Å². The maximum Gasteiger partial charge on any atom is 0.189 e. The number of hydrogen-bond acceptors (Lipinski definition) is 2. The molecule has 0 heterocycles. The normalized spacial score (nSPS) is 12.6. The predicted octanol–water partition coefficient (Wildman–Crippen LogP) is 5.04. The number of carbonyl (C=O) groups excluding carboxylic acids is 1. The number of allylic oxidation sites excluding steroid dienone is 1. The van der Waals surface area contributed by atoms with E-state index in [0.717, 1.165) is 6.42 Å². The molecule has 0 saturated carbocycles. The van der Waals surface area contributed by atoms with Crippen LogP contribution in [0.15, 0.2) is 78.9 Å². The van der Waals surface area contributed by atoms with Gasteiger partial charge in [-0.15, -0.1) is 0 Å². The van der Waals surface area contributed by atoms with E-state index in [0.29, 0.717) is 11.1 Å². The Bertz CT molecular complexity index is 953. The molecular formula is C22H16O2. The summed E-state index contributed by atoms with van der Waals surface area (Å²) < 4.78 is 0. The topological polar surface area (TPSA) is 37.3 Å². The molecule has 4 rings (SSSR count). The minimum atomic E-state index is -0.197. The summed E-state index contributed by atoms with van der Waals surface area (Å²) in [5, 5.41) is 10.3. The molecule has 1 N–H and O–H groups in total. The Morgan fingerprint density at radius 3 is 2.33 bits per heavy atom. The fourth-order valence-corrected chi connectivity index (χ4v) is 3.20. The van der Waals surface area contributed by atoms with Crippen LogP contribution < -0.4 is 0 Å². The Balaban J connectivity index is 1.65. The van der Waals surface area contributed by atoms with Crippen LogP contribution in [0.2, 0.25) is 0 Å². The van der Waals surface area contributed by atoms with Crippen LogP contribution in [-0.2, 0) is 6.42 Å². The number of rotatable bonds is 3. The second-order valence-corrected chi connectivity index (χ2v) is 5.97. The first-order chi connectivity index (χ1) is 11.7. The van der Waals surface area contributed by atoms with Gasteiger partial charge in [-0.05, 0) is 34.7 Å². The van der Waals surface area contributed by atoms with E-state index >= 15 is 0 Å². The molecule has 1 aliphatic carbocycles. The molecule has 2 heteroatoms. The van der Waals surface area contributed by atoms with Crippen LogP contribution in [-0.4, -0.2) is 10.9 Å². The summed E-state index contributed by atoms with van der Waals surface area (Å²) in [6.45, 7) is 0. The van der Waals surface area contributed by atoms with Crippen molar-refractivity contribution in [2.24, 2.45) is 0 Å². The quantitative estimate of drug-likeness (QED) is 0.327. The second kappa shape index (κ2) is 5.82. The molecule has 24 heavy (non-hydrogen) atoms. The molecule has 0 aliphatic heterocycles. The van der Waals surface area contributed by atoms with Crippen LogP contribution in [0.1, 0.15) is 27.0 Å². The van der Waals surface area contributed by atoms with Gasteiger partial charge in [-0.3, -0.25) is 4.79 Å². The van der Waals surface area contributed by atoms with Gasteiger partial charge in [0, 0.05) is 17.2 Å². The largest absolute Gasteiger partial charge is 0.507 e. The summed E-state index contributed by atoms with van der Waals surface area (Å²) in [6.07, 6.45) is 2.15. The molecule has 0 fully saturated rings. The minimum Gasteiger partial charge on any atom is -0.507 e. The fourth-order valence-electron chi connectivity index (χ4n) is 3.20. The molecule has 0 spiro atoms. The highest BCUT2D eigenvalue weighted by molar-refractivity contribution is 6.07. The lowest BCUT2D eigenvalue weighted by atomic mass is 10.0. The number of ketones is 1. The summed E-state index contributed by atoms with van der Waals surface area (Å²) in [5.74, 6) is -0.195. The molecule has 116 valence electrons. The average Bonchev–Trinajstić information content (AvgIpc) is 3.00. The number of hydrogen-bond donors (Lipinski definition) is 1. The van der Waals surface area contributed by atoms with Crippen molar-refractivity contribution < 1.29 is 9.90 Å². The Hall–Kier alpha value is -3.13. The molecule has 3 aromatic rings.